The zero-order valence-electron chi connectivity index (χ0n) is 11.0. The van der Waals surface area contributed by atoms with Crippen molar-refractivity contribution in [3.05, 3.63) is 23.6 Å². The molecule has 0 N–H and O–H groups in total. The Balaban J connectivity index is 1.73. The number of anilines is 1. The Kier molecular flexibility index (Phi) is 3.89. The first kappa shape index (κ1) is 13.1. The van der Waals surface area contributed by atoms with Gasteiger partial charge in [0.05, 0.1) is 5.88 Å². The molecule has 1 unspecified atom stereocenters. The lowest BCUT2D eigenvalue weighted by molar-refractivity contribution is 0.260. The van der Waals surface area contributed by atoms with Gasteiger partial charge in [0.15, 0.2) is 11.6 Å². The zero-order chi connectivity index (χ0) is 13.2. The number of rotatable bonds is 3. The maximum Gasteiger partial charge on any atom is 0.170 e. The van der Waals surface area contributed by atoms with E-state index < -0.39 is 0 Å². The van der Waals surface area contributed by atoms with Gasteiger partial charge in [-0.2, -0.15) is 0 Å². The predicted molar refractivity (Wildman–Crippen MR) is 75.2 cm³/mol. The van der Waals surface area contributed by atoms with Gasteiger partial charge < -0.3 is 4.90 Å². The van der Waals surface area contributed by atoms with Crippen molar-refractivity contribution in [3.8, 4) is 0 Å². The van der Waals surface area contributed by atoms with E-state index >= 15 is 0 Å². The highest BCUT2D eigenvalue weighted by Crippen LogP contribution is 2.27. The summed E-state index contributed by atoms with van der Waals surface area (Å²) in [6.07, 6.45) is 5.35. The molecule has 1 atom stereocenters. The molecular formula is C14H19ClFN3. The van der Waals surface area contributed by atoms with Gasteiger partial charge in [-0.1, -0.05) is 0 Å². The maximum atomic E-state index is 14.2. The van der Waals surface area contributed by atoms with E-state index in [1.807, 2.05) is 0 Å². The molecule has 2 fully saturated rings. The zero-order valence-corrected chi connectivity index (χ0v) is 11.7. The molecule has 1 aromatic heterocycles. The normalized spacial score (nSPS) is 24.3. The summed E-state index contributed by atoms with van der Waals surface area (Å²) < 4.78 is 14.2. The van der Waals surface area contributed by atoms with E-state index in [1.54, 1.807) is 12.3 Å². The lowest BCUT2D eigenvalue weighted by atomic mass is 10.2. The highest BCUT2D eigenvalue weighted by atomic mass is 35.5. The van der Waals surface area contributed by atoms with Crippen LogP contribution in [-0.2, 0) is 5.88 Å². The van der Waals surface area contributed by atoms with Gasteiger partial charge in [0.2, 0.25) is 0 Å². The number of halogens is 2. The smallest absolute Gasteiger partial charge is 0.170 e. The Bertz CT molecular complexity index is 448. The summed E-state index contributed by atoms with van der Waals surface area (Å²) >= 11 is 5.75. The van der Waals surface area contributed by atoms with E-state index in [2.05, 4.69) is 14.8 Å². The number of alkyl halides is 1. The third kappa shape index (κ3) is 2.56. The van der Waals surface area contributed by atoms with Crippen LogP contribution in [0.2, 0.25) is 0 Å². The number of pyridine rings is 1. The van der Waals surface area contributed by atoms with Gasteiger partial charge in [-0.15, -0.1) is 11.6 Å². The van der Waals surface area contributed by atoms with Gasteiger partial charge in [-0.05, 0) is 38.4 Å². The van der Waals surface area contributed by atoms with Gasteiger partial charge in [0, 0.05) is 30.9 Å². The molecule has 0 spiro atoms. The molecule has 0 saturated carbocycles. The second-order valence-corrected chi connectivity index (χ2v) is 5.64. The van der Waals surface area contributed by atoms with Crippen LogP contribution in [0.1, 0.15) is 24.8 Å². The average Bonchev–Trinajstić information content (AvgIpc) is 3.09. The summed E-state index contributed by atoms with van der Waals surface area (Å²) in [7, 11) is 0. The maximum absolute atomic E-state index is 14.2. The molecule has 2 saturated heterocycles. The fraction of sp³-hybridized carbons (Fsp3) is 0.643. The lowest BCUT2D eigenvalue weighted by Crippen LogP contribution is -2.35. The third-order valence-electron chi connectivity index (χ3n) is 4.21. The molecule has 19 heavy (non-hydrogen) atoms. The van der Waals surface area contributed by atoms with E-state index in [0.29, 0.717) is 17.4 Å². The van der Waals surface area contributed by atoms with Crippen molar-refractivity contribution in [2.45, 2.75) is 31.2 Å². The summed E-state index contributed by atoms with van der Waals surface area (Å²) in [5, 5.41) is 0. The van der Waals surface area contributed by atoms with Crippen LogP contribution in [-0.4, -0.2) is 42.1 Å². The summed E-state index contributed by atoms with van der Waals surface area (Å²) in [6, 6.07) is 2.21. The topological polar surface area (TPSA) is 19.4 Å². The summed E-state index contributed by atoms with van der Waals surface area (Å²) in [6.45, 7) is 4.15. The van der Waals surface area contributed by atoms with Gasteiger partial charge in [-0.3, -0.25) is 4.90 Å². The van der Waals surface area contributed by atoms with Crippen LogP contribution in [0.4, 0.5) is 10.2 Å². The monoisotopic (exact) mass is 283 g/mol. The molecule has 0 bridgehead atoms. The lowest BCUT2D eigenvalue weighted by Gasteiger charge is -2.24. The van der Waals surface area contributed by atoms with Gasteiger partial charge in [0.25, 0.3) is 0 Å². The number of aromatic nitrogens is 1. The number of nitrogens with zero attached hydrogens (tertiary/aromatic N) is 3. The first-order valence-corrected chi connectivity index (χ1v) is 7.51. The van der Waals surface area contributed by atoms with E-state index in [0.717, 1.165) is 19.5 Å². The molecule has 3 nitrogen and oxygen atoms in total. The van der Waals surface area contributed by atoms with E-state index in [4.69, 9.17) is 11.6 Å². The molecule has 3 heterocycles. The van der Waals surface area contributed by atoms with Crippen molar-refractivity contribution in [1.29, 1.82) is 0 Å². The molecule has 0 amide bonds. The van der Waals surface area contributed by atoms with Crippen molar-refractivity contribution >= 4 is 17.4 Å². The highest BCUT2D eigenvalue weighted by Gasteiger charge is 2.31. The molecule has 3 rings (SSSR count). The fourth-order valence-corrected chi connectivity index (χ4v) is 3.34. The quantitative estimate of drug-likeness (QED) is 0.795. The molecule has 0 aromatic carbocycles. The highest BCUT2D eigenvalue weighted by molar-refractivity contribution is 6.17. The van der Waals surface area contributed by atoms with Crippen LogP contribution in [0, 0.1) is 5.82 Å². The Labute approximate surface area is 118 Å². The number of hydrogen-bond donors (Lipinski definition) is 0. The van der Waals surface area contributed by atoms with Crippen LogP contribution in [0.15, 0.2) is 12.3 Å². The Morgan fingerprint density at radius 3 is 2.84 bits per heavy atom. The van der Waals surface area contributed by atoms with Crippen LogP contribution < -0.4 is 4.90 Å². The van der Waals surface area contributed by atoms with Crippen LogP contribution in [0.3, 0.4) is 0 Å². The molecule has 0 aliphatic carbocycles. The first-order chi connectivity index (χ1) is 9.29. The Morgan fingerprint density at radius 1 is 1.32 bits per heavy atom. The minimum atomic E-state index is -0.250. The summed E-state index contributed by atoms with van der Waals surface area (Å²) in [4.78, 5) is 8.80. The Morgan fingerprint density at radius 2 is 2.11 bits per heavy atom. The SMILES string of the molecule is Fc1c(CCl)ccnc1N1CCC(N2CCCC2)C1. The fourth-order valence-electron chi connectivity index (χ4n) is 3.13. The van der Waals surface area contributed by atoms with Crippen molar-refractivity contribution in [2.75, 3.05) is 31.1 Å². The average molecular weight is 284 g/mol. The molecule has 104 valence electrons. The predicted octanol–water partition coefficient (Wildman–Crippen LogP) is 2.63. The molecule has 2 aliphatic rings. The van der Waals surface area contributed by atoms with E-state index in [-0.39, 0.29) is 11.7 Å². The van der Waals surface area contributed by atoms with E-state index in [9.17, 15) is 4.39 Å². The van der Waals surface area contributed by atoms with Crippen molar-refractivity contribution in [1.82, 2.24) is 9.88 Å². The van der Waals surface area contributed by atoms with Crippen molar-refractivity contribution in [2.24, 2.45) is 0 Å². The molecule has 0 radical (unpaired) electrons. The van der Waals surface area contributed by atoms with Crippen LogP contribution >= 0.6 is 11.6 Å². The van der Waals surface area contributed by atoms with Gasteiger partial charge in [-0.25, -0.2) is 9.37 Å². The number of likely N-dealkylation sites (tertiary alicyclic amines) is 1. The molecule has 2 aliphatic heterocycles. The molecular weight excluding hydrogens is 265 g/mol. The van der Waals surface area contributed by atoms with Crippen LogP contribution in [0.5, 0.6) is 0 Å². The van der Waals surface area contributed by atoms with Gasteiger partial charge >= 0.3 is 0 Å². The number of hydrogen-bond acceptors (Lipinski definition) is 3. The minimum absolute atomic E-state index is 0.199. The Hall–Kier alpha value is -0.870. The van der Waals surface area contributed by atoms with E-state index in [1.165, 1.54) is 25.9 Å². The van der Waals surface area contributed by atoms with Crippen molar-refractivity contribution in [3.63, 3.8) is 0 Å². The molecule has 1 aromatic rings. The largest absolute Gasteiger partial charge is 0.353 e. The second-order valence-electron chi connectivity index (χ2n) is 5.37. The third-order valence-corrected chi connectivity index (χ3v) is 4.50. The summed E-state index contributed by atoms with van der Waals surface area (Å²) in [5.41, 5.74) is 0.538. The van der Waals surface area contributed by atoms with Crippen LogP contribution in [0.25, 0.3) is 0 Å². The molecule has 5 heteroatoms. The second kappa shape index (κ2) is 5.63. The standard InChI is InChI=1S/C14H19ClFN3/c15-9-11-3-5-17-14(13(11)16)19-8-4-12(10-19)18-6-1-2-7-18/h3,5,12H,1-2,4,6-10H2. The minimum Gasteiger partial charge on any atom is -0.353 e. The first-order valence-electron chi connectivity index (χ1n) is 6.98. The summed E-state index contributed by atoms with van der Waals surface area (Å²) in [5.74, 6) is 0.421. The van der Waals surface area contributed by atoms with Crippen molar-refractivity contribution < 1.29 is 4.39 Å². The van der Waals surface area contributed by atoms with Gasteiger partial charge in [0.1, 0.15) is 0 Å².